The number of nitrogens with one attached hydrogen (secondary N) is 1. The lowest BCUT2D eigenvalue weighted by Gasteiger charge is -2.32. The fraction of sp³-hybridized carbons (Fsp3) is 0.929. The molecule has 1 saturated heterocycles. The van der Waals surface area contributed by atoms with E-state index in [2.05, 4.69) is 55.9 Å². The third-order valence-electron chi connectivity index (χ3n) is 4.54. The van der Waals surface area contributed by atoms with Crippen LogP contribution in [0.15, 0.2) is 0 Å². The minimum Gasteiger partial charge on any atom is -0.352 e. The van der Waals surface area contributed by atoms with Gasteiger partial charge in [-0.1, -0.05) is 38.8 Å². The maximum absolute atomic E-state index is 12.3. The van der Waals surface area contributed by atoms with Crippen LogP contribution in [0.2, 0.25) is 0 Å². The molecule has 0 radical (unpaired) electrons. The third kappa shape index (κ3) is 3.53. The summed E-state index contributed by atoms with van der Waals surface area (Å²) in [5.41, 5.74) is -0.308. The summed E-state index contributed by atoms with van der Waals surface area (Å²) in [6.45, 7) is 9.72. The first kappa shape index (κ1) is 15.8. The smallest absolute Gasteiger partial charge is 0.228 e. The van der Waals surface area contributed by atoms with E-state index < -0.39 is 0 Å². The van der Waals surface area contributed by atoms with E-state index in [4.69, 9.17) is 0 Å². The third-order valence-corrected chi connectivity index (χ3v) is 6.86. The quantitative estimate of drug-likeness (QED) is 0.741. The van der Waals surface area contributed by atoms with Crippen LogP contribution < -0.4 is 5.32 Å². The van der Waals surface area contributed by atoms with E-state index in [0.29, 0.717) is 0 Å². The molecule has 2 atom stereocenters. The molecule has 0 spiro atoms. The van der Waals surface area contributed by atoms with Crippen molar-refractivity contribution in [1.29, 1.82) is 0 Å². The predicted molar refractivity (Wildman–Crippen MR) is 85.8 cm³/mol. The Morgan fingerprint density at radius 3 is 2.42 bits per heavy atom. The molecule has 1 aliphatic carbocycles. The van der Waals surface area contributed by atoms with Gasteiger partial charge in [-0.2, -0.15) is 0 Å². The lowest BCUT2D eigenvalue weighted by Crippen LogP contribution is -2.46. The normalized spacial score (nSPS) is 32.9. The number of hydrogen-bond acceptors (Lipinski definition) is 2. The number of hydrogen-bond donors (Lipinski definition) is 1. The van der Waals surface area contributed by atoms with Crippen LogP contribution in [0.3, 0.4) is 0 Å². The van der Waals surface area contributed by atoms with E-state index >= 15 is 0 Å². The Bertz CT molecular complexity index is 353. The molecule has 1 amide bonds. The van der Waals surface area contributed by atoms with Gasteiger partial charge in [0, 0.05) is 12.6 Å². The van der Waals surface area contributed by atoms with Crippen molar-refractivity contribution in [2.45, 2.75) is 49.3 Å². The zero-order valence-corrected chi connectivity index (χ0v) is 15.2. The number of nitrogens with zero attached hydrogens (tertiary/aromatic N) is 1. The molecule has 1 aliphatic heterocycles. The monoisotopic (exact) mass is 394 g/mol. The molecule has 1 heterocycles. The predicted octanol–water partition coefficient (Wildman–Crippen LogP) is 3.12. The Morgan fingerprint density at radius 1 is 1.42 bits per heavy atom. The van der Waals surface area contributed by atoms with Crippen LogP contribution in [-0.4, -0.2) is 39.7 Å². The second-order valence-corrected chi connectivity index (χ2v) is 10.3. The summed E-state index contributed by atoms with van der Waals surface area (Å²) in [5, 5.41) is 3.16. The summed E-state index contributed by atoms with van der Waals surface area (Å²) in [5.74, 6) is 1.01. The maximum Gasteiger partial charge on any atom is 0.228 e. The number of piperidine rings is 1. The topological polar surface area (TPSA) is 32.3 Å². The van der Waals surface area contributed by atoms with Crippen molar-refractivity contribution in [2.75, 3.05) is 19.6 Å². The van der Waals surface area contributed by atoms with Crippen molar-refractivity contribution in [1.82, 2.24) is 10.2 Å². The highest BCUT2D eigenvalue weighted by atomic mass is 79.9. The second kappa shape index (κ2) is 5.64. The first-order valence-electron chi connectivity index (χ1n) is 7.16. The highest BCUT2D eigenvalue weighted by molar-refractivity contribution is 9.25. The van der Waals surface area contributed by atoms with Gasteiger partial charge >= 0.3 is 0 Å². The zero-order valence-electron chi connectivity index (χ0n) is 12.0. The first-order chi connectivity index (χ1) is 8.74. The van der Waals surface area contributed by atoms with Crippen molar-refractivity contribution in [3.8, 4) is 0 Å². The van der Waals surface area contributed by atoms with E-state index in [9.17, 15) is 4.79 Å². The standard InChI is InChI=1S/C14H24Br2N2O/c1-10-4-6-18(7-5-10)8-11(2)17-12(19)13(3)9-14(13,15)16/h10-11H,4-9H2,1-3H3,(H,17,19)/t11-,13+/m1/s1. The molecule has 2 aliphatic rings. The largest absolute Gasteiger partial charge is 0.352 e. The molecule has 0 aromatic carbocycles. The molecule has 1 saturated carbocycles. The summed E-state index contributed by atoms with van der Waals surface area (Å²) in [7, 11) is 0. The summed E-state index contributed by atoms with van der Waals surface area (Å²) < 4.78 is -0.197. The second-order valence-electron chi connectivity index (χ2n) is 6.57. The zero-order chi connectivity index (χ0) is 14.3. The highest BCUT2D eigenvalue weighted by Crippen LogP contribution is 2.66. The Kier molecular flexibility index (Phi) is 4.69. The highest BCUT2D eigenvalue weighted by Gasteiger charge is 2.66. The van der Waals surface area contributed by atoms with Crippen molar-refractivity contribution >= 4 is 37.8 Å². The maximum atomic E-state index is 12.3. The van der Waals surface area contributed by atoms with Crippen molar-refractivity contribution in [3.05, 3.63) is 0 Å². The van der Waals surface area contributed by atoms with Crippen LogP contribution in [-0.2, 0) is 4.79 Å². The van der Waals surface area contributed by atoms with Crippen LogP contribution >= 0.6 is 31.9 Å². The average molecular weight is 396 g/mol. The van der Waals surface area contributed by atoms with Crippen LogP contribution in [0.4, 0.5) is 0 Å². The van der Waals surface area contributed by atoms with Gasteiger partial charge in [0.1, 0.15) is 0 Å². The fourth-order valence-corrected chi connectivity index (χ4v) is 4.19. The van der Waals surface area contributed by atoms with Crippen LogP contribution in [0, 0.1) is 11.3 Å². The summed E-state index contributed by atoms with van der Waals surface area (Å²) in [6.07, 6.45) is 3.41. The molecule has 110 valence electrons. The lowest BCUT2D eigenvalue weighted by atomic mass is 9.99. The van der Waals surface area contributed by atoms with Gasteiger partial charge in [0.15, 0.2) is 0 Å². The number of carbonyl (C=O) groups excluding carboxylic acids is 1. The van der Waals surface area contributed by atoms with E-state index in [1.54, 1.807) is 0 Å². The molecule has 3 nitrogen and oxygen atoms in total. The van der Waals surface area contributed by atoms with E-state index in [0.717, 1.165) is 18.9 Å². The minimum atomic E-state index is -0.308. The molecule has 19 heavy (non-hydrogen) atoms. The summed E-state index contributed by atoms with van der Waals surface area (Å²) in [6, 6.07) is 0.217. The van der Waals surface area contributed by atoms with Crippen LogP contribution in [0.25, 0.3) is 0 Å². The van der Waals surface area contributed by atoms with Gasteiger partial charge in [0.25, 0.3) is 0 Å². The van der Waals surface area contributed by atoms with Gasteiger partial charge in [-0.05, 0) is 52.1 Å². The number of rotatable bonds is 4. The van der Waals surface area contributed by atoms with Gasteiger partial charge in [-0.25, -0.2) is 0 Å². The SMILES string of the molecule is CC1CCN(C[C@@H](C)NC(=O)[C@]2(C)CC2(Br)Br)CC1. The van der Waals surface area contributed by atoms with Crippen LogP contribution in [0.1, 0.15) is 40.0 Å². The molecular formula is C14H24Br2N2O. The van der Waals surface area contributed by atoms with Crippen LogP contribution in [0.5, 0.6) is 0 Å². The van der Waals surface area contributed by atoms with Crippen molar-refractivity contribution < 1.29 is 4.79 Å². The summed E-state index contributed by atoms with van der Waals surface area (Å²) >= 11 is 7.10. The van der Waals surface area contributed by atoms with Gasteiger partial charge < -0.3 is 10.2 Å². The van der Waals surface area contributed by atoms with Crippen molar-refractivity contribution in [3.63, 3.8) is 0 Å². The number of likely N-dealkylation sites (tertiary alicyclic amines) is 1. The molecule has 0 bridgehead atoms. The number of alkyl halides is 2. The molecule has 5 heteroatoms. The number of amides is 1. The Morgan fingerprint density at radius 2 is 1.95 bits per heavy atom. The van der Waals surface area contributed by atoms with E-state index in [-0.39, 0.29) is 20.6 Å². The molecule has 0 aromatic heterocycles. The molecular weight excluding hydrogens is 372 g/mol. The summed E-state index contributed by atoms with van der Waals surface area (Å²) in [4.78, 5) is 14.7. The van der Waals surface area contributed by atoms with E-state index in [1.807, 2.05) is 6.92 Å². The minimum absolute atomic E-state index is 0.152. The number of carbonyl (C=O) groups is 1. The van der Waals surface area contributed by atoms with Gasteiger partial charge in [0.2, 0.25) is 5.91 Å². The molecule has 2 rings (SSSR count). The van der Waals surface area contributed by atoms with Gasteiger partial charge in [-0.15, -0.1) is 0 Å². The molecule has 0 aromatic rings. The Balaban J connectivity index is 1.76. The Labute approximate surface area is 133 Å². The Hall–Kier alpha value is 0.390. The molecule has 2 fully saturated rings. The van der Waals surface area contributed by atoms with Gasteiger partial charge in [-0.3, -0.25) is 4.79 Å². The van der Waals surface area contributed by atoms with Gasteiger partial charge in [0.05, 0.1) is 8.65 Å². The molecule has 1 N–H and O–H groups in total. The average Bonchev–Trinajstić information content (AvgIpc) is 2.83. The lowest BCUT2D eigenvalue weighted by molar-refractivity contribution is -0.126. The van der Waals surface area contributed by atoms with Crippen molar-refractivity contribution in [2.24, 2.45) is 11.3 Å². The van der Waals surface area contributed by atoms with E-state index in [1.165, 1.54) is 25.9 Å². The number of halogens is 2. The fourth-order valence-electron chi connectivity index (χ4n) is 2.71. The molecule has 0 unspecified atom stereocenters. The first-order valence-corrected chi connectivity index (χ1v) is 8.74.